The summed E-state index contributed by atoms with van der Waals surface area (Å²) >= 11 is 0. The van der Waals surface area contributed by atoms with Gasteiger partial charge < -0.3 is 20.1 Å². The van der Waals surface area contributed by atoms with Crippen LogP contribution in [0.2, 0.25) is 0 Å². The number of rotatable bonds is 3. The lowest BCUT2D eigenvalue weighted by Crippen LogP contribution is -2.40. The van der Waals surface area contributed by atoms with E-state index in [-0.39, 0.29) is 18.4 Å². The highest BCUT2D eigenvalue weighted by Crippen LogP contribution is 2.55. The van der Waals surface area contributed by atoms with Crippen LogP contribution >= 0.6 is 0 Å². The van der Waals surface area contributed by atoms with E-state index in [1.807, 2.05) is 0 Å². The zero-order chi connectivity index (χ0) is 18.6. The number of aliphatic hydroxyl groups is 3. The normalized spacial score (nSPS) is 46.5. The zero-order valence-corrected chi connectivity index (χ0v) is 16.2. The Hall–Kier alpha value is -0.680. The largest absolute Gasteiger partial charge is 0.392 e. The van der Waals surface area contributed by atoms with Crippen LogP contribution in [0.15, 0.2) is 22.8 Å². The van der Waals surface area contributed by atoms with Crippen LogP contribution in [0.1, 0.15) is 53.4 Å². The Bertz CT molecular complexity index is 593. The molecule has 0 aliphatic heterocycles. The Morgan fingerprint density at radius 1 is 1.28 bits per heavy atom. The molecular formula is C21H34O4. The third kappa shape index (κ3) is 2.91. The van der Waals surface area contributed by atoms with Crippen LogP contribution in [0.4, 0.5) is 0 Å². The van der Waals surface area contributed by atoms with Crippen LogP contribution in [0, 0.1) is 23.2 Å². The van der Waals surface area contributed by atoms with Gasteiger partial charge >= 0.3 is 0 Å². The van der Waals surface area contributed by atoms with Crippen molar-refractivity contribution < 1.29 is 20.1 Å². The molecule has 0 radical (unpaired) electrons. The standard InChI is InChI=1S/C21H34O4/c1-12(2)15-8-19(23)20(4)10-17-14(6-7-21(17,24)11-25-5)13(3)18(22)9-16(15)20/h10,12-14,18-19,22-24H,6-9,11H2,1-5H3/b17-10+/t13?,14?,18?,19-,20?,21-/m0/s1. The van der Waals surface area contributed by atoms with Crippen molar-refractivity contribution in [2.75, 3.05) is 13.7 Å². The first kappa shape index (κ1) is 19.1. The second-order valence-corrected chi connectivity index (χ2v) is 9.00. The highest BCUT2D eigenvalue weighted by molar-refractivity contribution is 5.42. The van der Waals surface area contributed by atoms with E-state index >= 15 is 0 Å². The van der Waals surface area contributed by atoms with Crippen LogP contribution in [0.5, 0.6) is 0 Å². The molecule has 25 heavy (non-hydrogen) atoms. The first-order chi connectivity index (χ1) is 11.6. The average Bonchev–Trinajstić information content (AvgIpc) is 2.96. The summed E-state index contributed by atoms with van der Waals surface area (Å²) in [4.78, 5) is 0. The fraction of sp³-hybridized carbons (Fsp3) is 0.810. The number of methoxy groups -OCH3 is 1. The van der Waals surface area contributed by atoms with Gasteiger partial charge in [-0.1, -0.05) is 38.0 Å². The van der Waals surface area contributed by atoms with Crippen molar-refractivity contribution in [1.82, 2.24) is 0 Å². The van der Waals surface area contributed by atoms with Gasteiger partial charge in [-0.25, -0.2) is 0 Å². The van der Waals surface area contributed by atoms with Gasteiger partial charge in [-0.15, -0.1) is 0 Å². The molecule has 0 amide bonds. The minimum absolute atomic E-state index is 0.0836. The summed E-state index contributed by atoms with van der Waals surface area (Å²) in [6.45, 7) is 8.73. The minimum Gasteiger partial charge on any atom is -0.392 e. The third-order valence-electron chi connectivity index (χ3n) is 7.14. The fourth-order valence-electron chi connectivity index (χ4n) is 5.42. The van der Waals surface area contributed by atoms with E-state index in [1.54, 1.807) is 7.11 Å². The molecule has 3 aliphatic carbocycles. The number of hydrogen-bond donors (Lipinski definition) is 3. The average molecular weight is 350 g/mol. The summed E-state index contributed by atoms with van der Waals surface area (Å²) in [5.41, 5.74) is 1.90. The second kappa shape index (κ2) is 6.49. The highest BCUT2D eigenvalue weighted by Gasteiger charge is 2.52. The molecule has 0 bridgehead atoms. The van der Waals surface area contributed by atoms with Gasteiger partial charge in [0.05, 0.1) is 18.8 Å². The van der Waals surface area contributed by atoms with Crippen molar-refractivity contribution >= 4 is 0 Å². The summed E-state index contributed by atoms with van der Waals surface area (Å²) in [5, 5.41) is 33.1. The number of ether oxygens (including phenoxy) is 1. The van der Waals surface area contributed by atoms with E-state index in [1.165, 1.54) is 11.1 Å². The molecule has 1 saturated carbocycles. The lowest BCUT2D eigenvalue weighted by Gasteiger charge is -2.39. The van der Waals surface area contributed by atoms with Crippen LogP contribution in [-0.4, -0.2) is 46.8 Å². The van der Waals surface area contributed by atoms with Gasteiger partial charge in [0.1, 0.15) is 5.60 Å². The number of fused-ring (bicyclic) bond motifs is 2. The van der Waals surface area contributed by atoms with E-state index in [9.17, 15) is 15.3 Å². The maximum atomic E-state index is 11.2. The molecule has 0 aromatic rings. The zero-order valence-electron chi connectivity index (χ0n) is 16.2. The monoisotopic (exact) mass is 350 g/mol. The summed E-state index contributed by atoms with van der Waals surface area (Å²) in [5.74, 6) is 0.577. The molecule has 0 aromatic carbocycles. The van der Waals surface area contributed by atoms with Crippen molar-refractivity contribution in [3.8, 4) is 0 Å². The van der Waals surface area contributed by atoms with E-state index in [0.29, 0.717) is 25.2 Å². The van der Waals surface area contributed by atoms with E-state index in [4.69, 9.17) is 4.74 Å². The van der Waals surface area contributed by atoms with Gasteiger partial charge in [-0.3, -0.25) is 0 Å². The number of aliphatic hydroxyl groups excluding tert-OH is 2. The minimum atomic E-state index is -0.987. The highest BCUT2D eigenvalue weighted by atomic mass is 16.5. The van der Waals surface area contributed by atoms with E-state index < -0.39 is 23.2 Å². The summed E-state index contributed by atoms with van der Waals surface area (Å²) in [6, 6.07) is 0. The SMILES string of the molecule is COC[C@@]1(O)CCC2/C1=C\C1(C)C(=C(C(C)C)C[C@@H]1O)CC(O)C2C. The molecule has 1 fully saturated rings. The van der Waals surface area contributed by atoms with Gasteiger partial charge in [0.25, 0.3) is 0 Å². The summed E-state index contributed by atoms with van der Waals surface area (Å²) in [6.07, 6.45) is 3.96. The molecule has 4 unspecified atom stereocenters. The van der Waals surface area contributed by atoms with E-state index in [2.05, 4.69) is 33.8 Å². The van der Waals surface area contributed by atoms with Gasteiger partial charge in [-0.05, 0) is 55.9 Å². The Morgan fingerprint density at radius 3 is 2.56 bits per heavy atom. The van der Waals surface area contributed by atoms with Gasteiger partial charge in [0.2, 0.25) is 0 Å². The first-order valence-electron chi connectivity index (χ1n) is 9.67. The van der Waals surface area contributed by atoms with Crippen LogP contribution in [-0.2, 0) is 4.74 Å². The number of hydrogen-bond acceptors (Lipinski definition) is 4. The molecule has 0 heterocycles. The topological polar surface area (TPSA) is 69.9 Å². The molecule has 6 atom stereocenters. The van der Waals surface area contributed by atoms with Crippen LogP contribution in [0.3, 0.4) is 0 Å². The summed E-state index contributed by atoms with van der Waals surface area (Å²) < 4.78 is 5.31. The predicted molar refractivity (Wildman–Crippen MR) is 98.0 cm³/mol. The van der Waals surface area contributed by atoms with Crippen LogP contribution < -0.4 is 0 Å². The van der Waals surface area contributed by atoms with E-state index in [0.717, 1.165) is 12.0 Å². The fourth-order valence-corrected chi connectivity index (χ4v) is 5.42. The Kier molecular flexibility index (Phi) is 4.95. The predicted octanol–water partition coefficient (Wildman–Crippen LogP) is 2.82. The molecule has 3 aliphatic rings. The van der Waals surface area contributed by atoms with Gasteiger partial charge in [0.15, 0.2) is 0 Å². The quantitative estimate of drug-likeness (QED) is 0.685. The van der Waals surface area contributed by atoms with Crippen molar-refractivity contribution in [3.05, 3.63) is 22.8 Å². The molecule has 3 rings (SSSR count). The molecule has 0 aromatic heterocycles. The maximum absolute atomic E-state index is 11.2. The van der Waals surface area contributed by atoms with Crippen molar-refractivity contribution in [2.24, 2.45) is 23.2 Å². The Balaban J connectivity index is 2.17. The molecule has 3 N–H and O–H groups in total. The van der Waals surface area contributed by atoms with Gasteiger partial charge in [0, 0.05) is 12.5 Å². The molecule has 142 valence electrons. The van der Waals surface area contributed by atoms with Crippen LogP contribution in [0.25, 0.3) is 0 Å². The molecule has 4 heteroatoms. The molecule has 4 nitrogen and oxygen atoms in total. The smallest absolute Gasteiger partial charge is 0.109 e. The lowest BCUT2D eigenvalue weighted by atomic mass is 9.68. The van der Waals surface area contributed by atoms with Crippen molar-refractivity contribution in [3.63, 3.8) is 0 Å². The Labute approximate surface area is 151 Å². The van der Waals surface area contributed by atoms with Crippen molar-refractivity contribution in [1.29, 1.82) is 0 Å². The maximum Gasteiger partial charge on any atom is 0.109 e. The molecule has 0 spiro atoms. The van der Waals surface area contributed by atoms with Crippen molar-refractivity contribution in [2.45, 2.75) is 71.2 Å². The lowest BCUT2D eigenvalue weighted by molar-refractivity contribution is -0.00253. The third-order valence-corrected chi connectivity index (χ3v) is 7.14. The Morgan fingerprint density at radius 2 is 1.96 bits per heavy atom. The first-order valence-corrected chi connectivity index (χ1v) is 9.67. The second-order valence-electron chi connectivity index (χ2n) is 9.00. The molecular weight excluding hydrogens is 316 g/mol. The van der Waals surface area contributed by atoms with Gasteiger partial charge in [-0.2, -0.15) is 0 Å². The summed E-state index contributed by atoms with van der Waals surface area (Å²) in [7, 11) is 1.61. The molecule has 0 saturated heterocycles.